The molecule has 2 rings (SSSR count). The second kappa shape index (κ2) is 1.70. The first kappa shape index (κ1) is 5.69. The molecule has 2 atom stereocenters. The van der Waals surface area contributed by atoms with Crippen LogP contribution in [0.1, 0.15) is 19.3 Å². The Morgan fingerprint density at radius 2 is 2.44 bits per heavy atom. The van der Waals surface area contributed by atoms with Crippen LogP contribution in [0.3, 0.4) is 0 Å². The van der Waals surface area contributed by atoms with Crippen LogP contribution in [0, 0.1) is 5.92 Å². The van der Waals surface area contributed by atoms with Gasteiger partial charge in [0.1, 0.15) is 5.60 Å². The van der Waals surface area contributed by atoms with Crippen LogP contribution in [0.5, 0.6) is 0 Å². The van der Waals surface area contributed by atoms with Crippen molar-refractivity contribution in [2.24, 2.45) is 5.92 Å². The molecule has 2 fully saturated rings. The van der Waals surface area contributed by atoms with E-state index in [1.54, 1.807) is 0 Å². The van der Waals surface area contributed by atoms with E-state index in [4.69, 9.17) is 0 Å². The van der Waals surface area contributed by atoms with Crippen molar-refractivity contribution in [3.63, 3.8) is 0 Å². The monoisotopic (exact) mass is 126 g/mol. The fourth-order valence-electron chi connectivity index (χ4n) is 2.09. The van der Waals surface area contributed by atoms with Crippen molar-refractivity contribution < 1.29 is 5.11 Å². The standard InChI is InChI=1S/C7H12NO/c9-7-3-1-2-6(7)4-8-5-7/h6,8H,1-5H2. The Morgan fingerprint density at radius 3 is 3.22 bits per heavy atom. The van der Waals surface area contributed by atoms with Gasteiger partial charge in [-0.15, -0.1) is 0 Å². The Hall–Kier alpha value is -0.0800. The molecule has 0 aromatic carbocycles. The Morgan fingerprint density at radius 1 is 1.56 bits per heavy atom. The van der Waals surface area contributed by atoms with E-state index in [2.05, 4.69) is 5.32 Å². The highest BCUT2D eigenvalue weighted by atomic mass is 16.3. The van der Waals surface area contributed by atoms with Crippen LogP contribution >= 0.6 is 0 Å². The summed E-state index contributed by atoms with van der Waals surface area (Å²) in [7, 11) is 0. The van der Waals surface area contributed by atoms with Crippen molar-refractivity contribution in [2.75, 3.05) is 13.1 Å². The van der Waals surface area contributed by atoms with E-state index in [0.29, 0.717) is 5.92 Å². The summed E-state index contributed by atoms with van der Waals surface area (Å²) in [4.78, 5) is 0. The Kier molecular flexibility index (Phi) is 1.08. The van der Waals surface area contributed by atoms with Crippen molar-refractivity contribution in [3.05, 3.63) is 0 Å². The normalized spacial score (nSPS) is 49.7. The van der Waals surface area contributed by atoms with Gasteiger partial charge in [-0.2, -0.15) is 0 Å². The topological polar surface area (TPSA) is 31.9 Å². The van der Waals surface area contributed by atoms with Crippen LogP contribution in [-0.4, -0.2) is 18.7 Å². The summed E-state index contributed by atoms with van der Waals surface area (Å²) in [5.74, 6) is 0.456. The lowest BCUT2D eigenvalue weighted by Gasteiger charge is -2.16. The van der Waals surface area contributed by atoms with Crippen molar-refractivity contribution >= 4 is 0 Å². The third-order valence-corrected chi connectivity index (χ3v) is 2.71. The SMILES string of the molecule is [O]C12CCCC1CNC2. The highest BCUT2D eigenvalue weighted by molar-refractivity contribution is 4.99. The smallest absolute Gasteiger partial charge is 0.120 e. The molecule has 0 spiro atoms. The largest absolute Gasteiger partial charge is 0.313 e. The van der Waals surface area contributed by atoms with Gasteiger partial charge >= 0.3 is 0 Å². The first-order valence-corrected chi connectivity index (χ1v) is 3.72. The molecule has 2 nitrogen and oxygen atoms in total. The van der Waals surface area contributed by atoms with Gasteiger partial charge in [-0.05, 0) is 19.3 Å². The summed E-state index contributed by atoms with van der Waals surface area (Å²) >= 11 is 0. The molecule has 2 aliphatic rings. The van der Waals surface area contributed by atoms with E-state index in [1.165, 1.54) is 0 Å². The summed E-state index contributed by atoms with van der Waals surface area (Å²) in [6.45, 7) is 1.70. The summed E-state index contributed by atoms with van der Waals surface area (Å²) in [5, 5.41) is 14.8. The van der Waals surface area contributed by atoms with Gasteiger partial charge in [-0.25, -0.2) is 5.11 Å². The van der Waals surface area contributed by atoms with Gasteiger partial charge in [0.2, 0.25) is 0 Å². The highest BCUT2D eigenvalue weighted by Crippen LogP contribution is 2.38. The molecule has 2 heteroatoms. The fraction of sp³-hybridized carbons (Fsp3) is 1.00. The lowest BCUT2D eigenvalue weighted by atomic mass is 9.95. The number of nitrogens with one attached hydrogen (secondary N) is 1. The lowest BCUT2D eigenvalue weighted by Crippen LogP contribution is -2.31. The molecule has 1 N–H and O–H groups in total. The first-order chi connectivity index (χ1) is 4.31. The maximum absolute atomic E-state index is 11.6. The summed E-state index contributed by atoms with van der Waals surface area (Å²) in [5.41, 5.74) is -0.556. The molecule has 1 radical (unpaired) electrons. The molecule has 0 bridgehead atoms. The molecule has 0 aromatic heterocycles. The molecular weight excluding hydrogens is 114 g/mol. The zero-order chi connectivity index (χ0) is 6.32. The number of rotatable bonds is 0. The third kappa shape index (κ3) is 0.700. The molecular formula is C7H12NO. The van der Waals surface area contributed by atoms with Gasteiger partial charge in [0, 0.05) is 19.0 Å². The maximum atomic E-state index is 11.6. The molecule has 0 aromatic rings. The first-order valence-electron chi connectivity index (χ1n) is 3.72. The molecule has 0 amide bonds. The van der Waals surface area contributed by atoms with Gasteiger partial charge in [-0.3, -0.25) is 0 Å². The zero-order valence-corrected chi connectivity index (χ0v) is 5.52. The predicted octanol–water partition coefficient (Wildman–Crippen LogP) is 0.559. The number of hydrogen-bond acceptors (Lipinski definition) is 1. The van der Waals surface area contributed by atoms with Crippen LogP contribution in [0.15, 0.2) is 0 Å². The van der Waals surface area contributed by atoms with Gasteiger partial charge in [-0.1, -0.05) is 0 Å². The van der Waals surface area contributed by atoms with E-state index in [0.717, 1.165) is 32.4 Å². The van der Waals surface area contributed by atoms with Crippen molar-refractivity contribution in [1.29, 1.82) is 0 Å². The van der Waals surface area contributed by atoms with Gasteiger partial charge in [0.25, 0.3) is 0 Å². The molecule has 1 aliphatic carbocycles. The van der Waals surface area contributed by atoms with Gasteiger partial charge < -0.3 is 5.32 Å². The number of fused-ring (bicyclic) bond motifs is 1. The second-order valence-electron chi connectivity index (χ2n) is 3.28. The molecule has 1 aliphatic heterocycles. The molecule has 51 valence electrons. The Labute approximate surface area is 55.3 Å². The summed E-state index contributed by atoms with van der Waals surface area (Å²) in [6.07, 6.45) is 3.23. The lowest BCUT2D eigenvalue weighted by molar-refractivity contribution is -0.0311. The van der Waals surface area contributed by atoms with Crippen molar-refractivity contribution in [1.82, 2.24) is 5.32 Å². The van der Waals surface area contributed by atoms with Crippen LogP contribution in [0.4, 0.5) is 0 Å². The number of hydrogen-bond donors (Lipinski definition) is 1. The average molecular weight is 126 g/mol. The minimum Gasteiger partial charge on any atom is -0.313 e. The Balaban J connectivity index is 2.17. The quantitative estimate of drug-likeness (QED) is 0.505. The van der Waals surface area contributed by atoms with Crippen LogP contribution < -0.4 is 5.32 Å². The average Bonchev–Trinajstić information content (AvgIpc) is 2.22. The molecule has 1 heterocycles. The van der Waals surface area contributed by atoms with E-state index < -0.39 is 5.60 Å². The van der Waals surface area contributed by atoms with Crippen molar-refractivity contribution in [2.45, 2.75) is 24.9 Å². The summed E-state index contributed by atoms with van der Waals surface area (Å²) < 4.78 is 0. The highest BCUT2D eigenvalue weighted by Gasteiger charge is 2.46. The van der Waals surface area contributed by atoms with Gasteiger partial charge in [0.05, 0.1) is 0 Å². The third-order valence-electron chi connectivity index (χ3n) is 2.71. The van der Waals surface area contributed by atoms with Crippen LogP contribution in [0.25, 0.3) is 0 Å². The summed E-state index contributed by atoms with van der Waals surface area (Å²) in [6, 6.07) is 0. The van der Waals surface area contributed by atoms with Crippen molar-refractivity contribution in [3.8, 4) is 0 Å². The fourth-order valence-corrected chi connectivity index (χ4v) is 2.09. The molecule has 1 saturated carbocycles. The molecule has 2 unspecified atom stereocenters. The Bertz CT molecular complexity index is 114. The minimum absolute atomic E-state index is 0.456. The maximum Gasteiger partial charge on any atom is 0.120 e. The zero-order valence-electron chi connectivity index (χ0n) is 5.52. The predicted molar refractivity (Wildman–Crippen MR) is 33.6 cm³/mol. The van der Waals surface area contributed by atoms with E-state index in [-0.39, 0.29) is 0 Å². The van der Waals surface area contributed by atoms with E-state index in [1.807, 2.05) is 0 Å². The van der Waals surface area contributed by atoms with E-state index in [9.17, 15) is 5.11 Å². The molecule has 9 heavy (non-hydrogen) atoms. The van der Waals surface area contributed by atoms with Gasteiger partial charge in [0.15, 0.2) is 0 Å². The van der Waals surface area contributed by atoms with E-state index >= 15 is 0 Å². The van der Waals surface area contributed by atoms with Crippen LogP contribution in [0.2, 0.25) is 0 Å². The minimum atomic E-state index is -0.556. The second-order valence-corrected chi connectivity index (χ2v) is 3.28. The van der Waals surface area contributed by atoms with Crippen LogP contribution in [-0.2, 0) is 5.11 Å². The molecule has 1 saturated heterocycles.